The van der Waals surface area contributed by atoms with Crippen molar-refractivity contribution in [2.24, 2.45) is 4.99 Å². The van der Waals surface area contributed by atoms with Crippen molar-refractivity contribution in [1.29, 1.82) is 0 Å². The van der Waals surface area contributed by atoms with Gasteiger partial charge in [0.25, 0.3) is 5.91 Å². The summed E-state index contributed by atoms with van der Waals surface area (Å²) in [7, 11) is 0. The van der Waals surface area contributed by atoms with Gasteiger partial charge in [-0.15, -0.1) is 11.8 Å². The molecule has 0 radical (unpaired) electrons. The Morgan fingerprint density at radius 1 is 1.60 bits per heavy atom. The SMILES string of the molecule is O=C1N=CC2=C1C=CCS2. The van der Waals surface area contributed by atoms with Crippen LogP contribution in [0.4, 0.5) is 0 Å². The van der Waals surface area contributed by atoms with E-state index in [4.69, 9.17) is 0 Å². The number of carbonyl (C=O) groups is 1. The quantitative estimate of drug-likeness (QED) is 0.519. The molecule has 0 aromatic carbocycles. The van der Waals surface area contributed by atoms with E-state index in [2.05, 4.69) is 4.99 Å². The van der Waals surface area contributed by atoms with Gasteiger partial charge in [0, 0.05) is 16.9 Å². The van der Waals surface area contributed by atoms with Crippen LogP contribution in [-0.4, -0.2) is 17.9 Å². The zero-order valence-electron chi connectivity index (χ0n) is 5.20. The number of amides is 1. The predicted molar refractivity (Wildman–Crippen MR) is 42.1 cm³/mol. The summed E-state index contributed by atoms with van der Waals surface area (Å²) in [5.41, 5.74) is 0.760. The van der Waals surface area contributed by atoms with Crippen LogP contribution in [0.15, 0.2) is 27.6 Å². The van der Waals surface area contributed by atoms with Crippen molar-refractivity contribution >= 4 is 23.9 Å². The topological polar surface area (TPSA) is 29.4 Å². The molecule has 2 aliphatic rings. The van der Waals surface area contributed by atoms with Crippen molar-refractivity contribution < 1.29 is 4.79 Å². The van der Waals surface area contributed by atoms with Crippen molar-refractivity contribution in [3.63, 3.8) is 0 Å². The van der Waals surface area contributed by atoms with E-state index in [-0.39, 0.29) is 5.91 Å². The molecule has 10 heavy (non-hydrogen) atoms. The van der Waals surface area contributed by atoms with Crippen LogP contribution in [0, 0.1) is 0 Å². The van der Waals surface area contributed by atoms with E-state index in [1.807, 2.05) is 12.2 Å². The van der Waals surface area contributed by atoms with Crippen LogP contribution in [0.3, 0.4) is 0 Å². The number of nitrogens with zero attached hydrogens (tertiary/aromatic N) is 1. The normalized spacial score (nSPS) is 22.2. The molecule has 2 nitrogen and oxygen atoms in total. The van der Waals surface area contributed by atoms with E-state index in [9.17, 15) is 4.79 Å². The average molecular weight is 151 g/mol. The third-order valence-corrected chi connectivity index (χ3v) is 2.41. The second-order valence-electron chi connectivity index (χ2n) is 2.05. The van der Waals surface area contributed by atoms with Crippen molar-refractivity contribution in [2.45, 2.75) is 0 Å². The molecule has 0 atom stereocenters. The van der Waals surface area contributed by atoms with E-state index in [0.717, 1.165) is 16.2 Å². The van der Waals surface area contributed by atoms with Crippen molar-refractivity contribution in [1.82, 2.24) is 0 Å². The third-order valence-electron chi connectivity index (χ3n) is 1.41. The first kappa shape index (κ1) is 5.92. The Morgan fingerprint density at radius 3 is 3.30 bits per heavy atom. The maximum Gasteiger partial charge on any atom is 0.278 e. The van der Waals surface area contributed by atoms with E-state index in [0.29, 0.717) is 0 Å². The van der Waals surface area contributed by atoms with Crippen LogP contribution in [0.5, 0.6) is 0 Å². The zero-order valence-corrected chi connectivity index (χ0v) is 6.02. The molecule has 0 fully saturated rings. The minimum atomic E-state index is -0.0987. The Morgan fingerprint density at radius 2 is 2.50 bits per heavy atom. The Kier molecular flexibility index (Phi) is 1.24. The summed E-state index contributed by atoms with van der Waals surface area (Å²) >= 11 is 1.66. The summed E-state index contributed by atoms with van der Waals surface area (Å²) in [6, 6.07) is 0. The van der Waals surface area contributed by atoms with Crippen LogP contribution in [0.1, 0.15) is 0 Å². The second kappa shape index (κ2) is 2.09. The highest BCUT2D eigenvalue weighted by Gasteiger charge is 2.18. The molecule has 50 valence electrons. The molecule has 0 saturated heterocycles. The van der Waals surface area contributed by atoms with Gasteiger partial charge in [-0.3, -0.25) is 4.79 Å². The second-order valence-corrected chi connectivity index (χ2v) is 3.12. The first-order valence-electron chi connectivity index (χ1n) is 3.00. The van der Waals surface area contributed by atoms with Gasteiger partial charge in [0.05, 0.1) is 5.57 Å². The monoisotopic (exact) mass is 151 g/mol. The Balaban J connectivity index is 2.46. The maximum absolute atomic E-state index is 10.9. The summed E-state index contributed by atoms with van der Waals surface area (Å²) in [4.78, 5) is 15.6. The van der Waals surface area contributed by atoms with E-state index in [1.54, 1.807) is 18.0 Å². The number of rotatable bonds is 0. The number of hydrogen-bond donors (Lipinski definition) is 0. The molecule has 0 bridgehead atoms. The lowest BCUT2D eigenvalue weighted by Crippen LogP contribution is -1.95. The molecule has 0 saturated carbocycles. The smallest absolute Gasteiger partial charge is 0.267 e. The maximum atomic E-state index is 10.9. The van der Waals surface area contributed by atoms with Gasteiger partial charge >= 0.3 is 0 Å². The molecule has 0 N–H and O–H groups in total. The lowest BCUT2D eigenvalue weighted by Gasteiger charge is -2.02. The van der Waals surface area contributed by atoms with Gasteiger partial charge in [-0.1, -0.05) is 12.2 Å². The molecule has 0 spiro atoms. The number of thioether (sulfide) groups is 1. The fraction of sp³-hybridized carbons (Fsp3) is 0.143. The summed E-state index contributed by atoms with van der Waals surface area (Å²) in [5, 5.41) is 0. The van der Waals surface area contributed by atoms with Crippen LogP contribution < -0.4 is 0 Å². The standard InChI is InChI=1S/C7H5NOS/c9-7-5-2-1-3-10-6(5)4-8-7/h1-2,4H,3H2. The van der Waals surface area contributed by atoms with Gasteiger partial charge in [0.1, 0.15) is 0 Å². The molecule has 2 rings (SSSR count). The van der Waals surface area contributed by atoms with Gasteiger partial charge in [-0.25, -0.2) is 4.99 Å². The Bertz CT molecular complexity index is 275. The van der Waals surface area contributed by atoms with Crippen LogP contribution in [0.25, 0.3) is 0 Å². The van der Waals surface area contributed by atoms with Crippen molar-refractivity contribution in [2.75, 3.05) is 5.75 Å². The average Bonchev–Trinajstić information content (AvgIpc) is 2.34. The molecular formula is C7H5NOS. The van der Waals surface area contributed by atoms with E-state index in [1.165, 1.54) is 0 Å². The van der Waals surface area contributed by atoms with Gasteiger partial charge in [0.15, 0.2) is 0 Å². The summed E-state index contributed by atoms with van der Waals surface area (Å²) in [5.74, 6) is 0.858. The first-order valence-corrected chi connectivity index (χ1v) is 3.98. The van der Waals surface area contributed by atoms with Gasteiger partial charge in [0.2, 0.25) is 0 Å². The molecule has 1 amide bonds. The van der Waals surface area contributed by atoms with E-state index < -0.39 is 0 Å². The minimum absolute atomic E-state index is 0.0987. The van der Waals surface area contributed by atoms with Crippen LogP contribution in [-0.2, 0) is 4.79 Å². The summed E-state index contributed by atoms with van der Waals surface area (Å²) < 4.78 is 0. The number of allylic oxidation sites excluding steroid dienone is 1. The third kappa shape index (κ3) is 0.743. The predicted octanol–water partition coefficient (Wildman–Crippen LogP) is 1.15. The zero-order chi connectivity index (χ0) is 6.97. The number of aliphatic imine (C=N–C) groups is 1. The highest BCUT2D eigenvalue weighted by Crippen LogP contribution is 2.27. The molecule has 0 aromatic rings. The van der Waals surface area contributed by atoms with Gasteiger partial charge in [-0.2, -0.15) is 0 Å². The number of hydrogen-bond acceptors (Lipinski definition) is 2. The first-order chi connectivity index (χ1) is 4.88. The lowest BCUT2D eigenvalue weighted by molar-refractivity contribution is -0.113. The number of carbonyl (C=O) groups excluding carboxylic acids is 1. The molecule has 0 aliphatic carbocycles. The molecule has 2 heterocycles. The molecule has 0 aromatic heterocycles. The molecular weight excluding hydrogens is 146 g/mol. The molecule has 2 aliphatic heterocycles. The van der Waals surface area contributed by atoms with Gasteiger partial charge < -0.3 is 0 Å². The highest BCUT2D eigenvalue weighted by atomic mass is 32.2. The van der Waals surface area contributed by atoms with Crippen molar-refractivity contribution in [3.05, 3.63) is 22.6 Å². The minimum Gasteiger partial charge on any atom is -0.267 e. The Labute approximate surface area is 62.7 Å². The largest absolute Gasteiger partial charge is 0.278 e. The van der Waals surface area contributed by atoms with Crippen LogP contribution in [0.2, 0.25) is 0 Å². The van der Waals surface area contributed by atoms with Gasteiger partial charge in [-0.05, 0) is 0 Å². The summed E-state index contributed by atoms with van der Waals surface area (Å²) in [6.07, 6.45) is 5.48. The van der Waals surface area contributed by atoms with Crippen molar-refractivity contribution in [3.8, 4) is 0 Å². The highest BCUT2D eigenvalue weighted by molar-refractivity contribution is 8.04. The molecule has 0 unspecified atom stereocenters. The summed E-state index contributed by atoms with van der Waals surface area (Å²) in [6.45, 7) is 0. The van der Waals surface area contributed by atoms with Crippen LogP contribution >= 0.6 is 11.8 Å². The molecule has 3 heteroatoms. The van der Waals surface area contributed by atoms with E-state index >= 15 is 0 Å². The fourth-order valence-corrected chi connectivity index (χ4v) is 1.74. The Hall–Kier alpha value is -0.830. The lowest BCUT2D eigenvalue weighted by atomic mass is 10.2. The fourth-order valence-electron chi connectivity index (χ4n) is 0.934.